The Kier molecular flexibility index (Phi) is 5.01. The molecular weight excluding hydrogens is 335 g/mol. The fraction of sp³-hybridized carbons (Fsp3) is 0.556. The number of benzene rings is 1. The van der Waals surface area contributed by atoms with E-state index in [1.807, 2.05) is 0 Å². The monoisotopic (exact) mass is 355 g/mol. The van der Waals surface area contributed by atoms with Crippen molar-refractivity contribution in [1.82, 2.24) is 5.32 Å². The fourth-order valence-electron chi connectivity index (χ4n) is 3.87. The summed E-state index contributed by atoms with van der Waals surface area (Å²) in [5.74, 6) is -1.33. The summed E-state index contributed by atoms with van der Waals surface area (Å²) in [6.07, 6.45) is -0.816. The Morgan fingerprint density at radius 1 is 1.20 bits per heavy atom. The third-order valence-electron chi connectivity index (χ3n) is 5.08. The molecule has 2 fully saturated rings. The van der Waals surface area contributed by atoms with Crippen molar-refractivity contribution >= 4 is 11.9 Å². The summed E-state index contributed by atoms with van der Waals surface area (Å²) < 4.78 is 44.2. The third kappa shape index (κ3) is 3.96. The number of rotatable bonds is 3. The predicted octanol–water partition coefficient (Wildman–Crippen LogP) is 3.44. The van der Waals surface area contributed by atoms with Gasteiger partial charge >= 0.3 is 12.1 Å². The number of alkyl halides is 3. The minimum Gasteiger partial charge on any atom is -0.461 e. The van der Waals surface area contributed by atoms with Gasteiger partial charge in [-0.1, -0.05) is 31.0 Å². The largest absolute Gasteiger partial charge is 0.461 e. The number of amides is 1. The highest BCUT2D eigenvalue weighted by Gasteiger charge is 2.42. The molecule has 3 unspecified atom stereocenters. The molecule has 1 aliphatic heterocycles. The van der Waals surface area contributed by atoms with Crippen molar-refractivity contribution in [3.05, 3.63) is 35.4 Å². The first-order chi connectivity index (χ1) is 11.9. The van der Waals surface area contributed by atoms with Crippen LogP contribution in [0.5, 0.6) is 0 Å². The van der Waals surface area contributed by atoms with Gasteiger partial charge in [-0.25, -0.2) is 0 Å². The summed E-state index contributed by atoms with van der Waals surface area (Å²) in [4.78, 5) is 24.3. The average molecular weight is 355 g/mol. The van der Waals surface area contributed by atoms with Crippen LogP contribution in [0.15, 0.2) is 24.3 Å². The van der Waals surface area contributed by atoms with Crippen molar-refractivity contribution in [2.75, 3.05) is 0 Å². The van der Waals surface area contributed by atoms with Crippen molar-refractivity contribution in [2.45, 2.75) is 50.9 Å². The Hall–Kier alpha value is -2.05. The van der Waals surface area contributed by atoms with Crippen LogP contribution in [0.3, 0.4) is 0 Å². The van der Waals surface area contributed by atoms with E-state index in [4.69, 9.17) is 4.74 Å². The maximum atomic E-state index is 13.0. The minimum atomic E-state index is -4.50. The van der Waals surface area contributed by atoms with Gasteiger partial charge in [-0.2, -0.15) is 13.2 Å². The number of carbonyl (C=O) groups is 2. The Morgan fingerprint density at radius 3 is 2.68 bits per heavy atom. The molecule has 1 N–H and O–H groups in total. The summed E-state index contributed by atoms with van der Waals surface area (Å²) >= 11 is 0. The maximum absolute atomic E-state index is 13.0. The zero-order valence-electron chi connectivity index (χ0n) is 13.6. The van der Waals surface area contributed by atoms with Crippen molar-refractivity contribution in [1.29, 1.82) is 0 Å². The summed E-state index contributed by atoms with van der Waals surface area (Å²) in [6, 6.07) is 5.01. The number of esters is 1. The van der Waals surface area contributed by atoms with Crippen LogP contribution in [0, 0.1) is 11.8 Å². The highest BCUT2D eigenvalue weighted by atomic mass is 19.4. The van der Waals surface area contributed by atoms with Gasteiger partial charge in [0.25, 0.3) is 0 Å². The lowest BCUT2D eigenvalue weighted by Crippen LogP contribution is -2.52. The molecule has 1 aromatic rings. The molecule has 0 spiro atoms. The van der Waals surface area contributed by atoms with Crippen LogP contribution in [-0.4, -0.2) is 17.9 Å². The number of hydrogen-bond donors (Lipinski definition) is 1. The van der Waals surface area contributed by atoms with Crippen molar-refractivity contribution in [2.24, 2.45) is 11.8 Å². The molecule has 4 nitrogen and oxygen atoms in total. The summed E-state index contributed by atoms with van der Waals surface area (Å²) in [5.41, 5.74) is -0.886. The first-order valence-corrected chi connectivity index (χ1v) is 8.47. The van der Waals surface area contributed by atoms with E-state index in [0.717, 1.165) is 31.7 Å². The first kappa shape index (κ1) is 17.8. The van der Waals surface area contributed by atoms with Crippen molar-refractivity contribution < 1.29 is 27.5 Å². The normalized spacial score (nSPS) is 26.5. The minimum absolute atomic E-state index is 0.0109. The first-order valence-electron chi connectivity index (χ1n) is 8.47. The predicted molar refractivity (Wildman–Crippen MR) is 83.2 cm³/mol. The maximum Gasteiger partial charge on any atom is 0.416 e. The zero-order chi connectivity index (χ0) is 18.0. The SMILES string of the molecule is O=C1CC(C(=O)OCc2ccccc2C(F)(F)F)C2CCCCC2N1. The summed E-state index contributed by atoms with van der Waals surface area (Å²) in [7, 11) is 0. The standard InChI is InChI=1S/C18H20F3NO3/c19-18(20,21)14-7-3-1-5-11(14)10-25-17(24)13-9-16(23)22-15-8-4-2-6-12(13)15/h1,3,5,7,12-13,15H,2,4,6,8-10H2,(H,22,23). The highest BCUT2D eigenvalue weighted by Crippen LogP contribution is 2.36. The van der Waals surface area contributed by atoms with Gasteiger partial charge in [-0.15, -0.1) is 0 Å². The van der Waals surface area contributed by atoms with E-state index in [9.17, 15) is 22.8 Å². The molecule has 7 heteroatoms. The lowest BCUT2D eigenvalue weighted by atomic mass is 9.72. The van der Waals surface area contributed by atoms with Crippen LogP contribution in [0.25, 0.3) is 0 Å². The van der Waals surface area contributed by atoms with Crippen molar-refractivity contribution in [3.8, 4) is 0 Å². The Balaban J connectivity index is 1.69. The summed E-state index contributed by atoms with van der Waals surface area (Å²) in [5, 5.41) is 2.91. The van der Waals surface area contributed by atoms with Gasteiger partial charge in [-0.05, 0) is 24.8 Å². The molecule has 3 rings (SSSR count). The molecule has 1 aliphatic carbocycles. The number of fused-ring (bicyclic) bond motifs is 1. The Bertz CT molecular complexity index is 659. The van der Waals surface area contributed by atoms with Crippen LogP contribution in [0.4, 0.5) is 13.2 Å². The third-order valence-corrected chi connectivity index (χ3v) is 5.08. The van der Waals surface area contributed by atoms with Crippen LogP contribution in [0.2, 0.25) is 0 Å². The average Bonchev–Trinajstić information content (AvgIpc) is 2.58. The van der Waals surface area contributed by atoms with Gasteiger partial charge in [0.2, 0.25) is 5.91 Å². The molecule has 0 radical (unpaired) electrons. The van der Waals surface area contributed by atoms with Gasteiger partial charge in [-0.3, -0.25) is 9.59 Å². The van der Waals surface area contributed by atoms with Crippen LogP contribution in [0.1, 0.15) is 43.2 Å². The molecule has 1 saturated heterocycles. The van der Waals surface area contributed by atoms with E-state index >= 15 is 0 Å². The van der Waals surface area contributed by atoms with E-state index in [2.05, 4.69) is 5.32 Å². The Morgan fingerprint density at radius 2 is 1.92 bits per heavy atom. The fourth-order valence-corrected chi connectivity index (χ4v) is 3.87. The molecule has 1 aromatic carbocycles. The second-order valence-electron chi connectivity index (χ2n) is 6.70. The van der Waals surface area contributed by atoms with Gasteiger partial charge in [0, 0.05) is 18.0 Å². The lowest BCUT2D eigenvalue weighted by Gasteiger charge is -2.40. The molecule has 3 atom stereocenters. The van der Waals surface area contributed by atoms with E-state index < -0.39 is 30.2 Å². The van der Waals surface area contributed by atoms with E-state index in [1.54, 1.807) is 0 Å². The smallest absolute Gasteiger partial charge is 0.416 e. The molecular formula is C18H20F3NO3. The van der Waals surface area contributed by atoms with Gasteiger partial charge in [0.15, 0.2) is 0 Å². The number of halogens is 3. The molecule has 136 valence electrons. The van der Waals surface area contributed by atoms with E-state index in [0.29, 0.717) is 0 Å². The second-order valence-corrected chi connectivity index (χ2v) is 6.70. The quantitative estimate of drug-likeness (QED) is 0.845. The molecule has 2 aliphatic rings. The Labute approximate surface area is 143 Å². The molecule has 1 amide bonds. The number of piperidine rings is 1. The highest BCUT2D eigenvalue weighted by molar-refractivity contribution is 5.85. The molecule has 0 aromatic heterocycles. The number of carbonyl (C=O) groups excluding carboxylic acids is 2. The van der Waals surface area contributed by atoms with Gasteiger partial charge < -0.3 is 10.1 Å². The zero-order valence-corrected chi connectivity index (χ0v) is 13.6. The molecule has 0 bridgehead atoms. The molecule has 25 heavy (non-hydrogen) atoms. The van der Waals surface area contributed by atoms with Gasteiger partial charge in [0.05, 0.1) is 11.5 Å². The lowest BCUT2D eigenvalue weighted by molar-refractivity contribution is -0.158. The van der Waals surface area contributed by atoms with Crippen molar-refractivity contribution in [3.63, 3.8) is 0 Å². The number of nitrogens with one attached hydrogen (secondary N) is 1. The van der Waals surface area contributed by atoms with E-state index in [1.165, 1.54) is 18.2 Å². The van der Waals surface area contributed by atoms with Crippen LogP contribution in [-0.2, 0) is 27.1 Å². The summed E-state index contributed by atoms with van der Waals surface area (Å²) in [6.45, 7) is -0.440. The topological polar surface area (TPSA) is 55.4 Å². The number of ether oxygens (including phenoxy) is 1. The number of hydrogen-bond acceptors (Lipinski definition) is 3. The molecule has 1 saturated carbocycles. The van der Waals surface area contributed by atoms with Gasteiger partial charge in [0.1, 0.15) is 6.61 Å². The van der Waals surface area contributed by atoms with Crippen LogP contribution >= 0.6 is 0 Å². The van der Waals surface area contributed by atoms with Crippen LogP contribution < -0.4 is 5.32 Å². The second kappa shape index (κ2) is 7.06. The van der Waals surface area contributed by atoms with E-state index in [-0.39, 0.29) is 29.9 Å². The molecule has 1 heterocycles.